The van der Waals surface area contributed by atoms with Crippen molar-refractivity contribution in [2.24, 2.45) is 0 Å². The molecule has 0 aromatic heterocycles. The predicted molar refractivity (Wildman–Crippen MR) is 107 cm³/mol. The van der Waals surface area contributed by atoms with Crippen molar-refractivity contribution in [3.63, 3.8) is 0 Å². The number of nitrogens with zero attached hydrogens (tertiary/aromatic N) is 2. The van der Waals surface area contributed by atoms with Gasteiger partial charge in [-0.05, 0) is 42.8 Å². The first-order valence-electron chi connectivity index (χ1n) is 9.67. The number of hydrogen-bond donors (Lipinski definition) is 0. The molecule has 1 fully saturated rings. The van der Waals surface area contributed by atoms with Gasteiger partial charge in [-0.1, -0.05) is 37.3 Å². The normalized spacial score (nSPS) is 15.2. The molecule has 1 heterocycles. The first kappa shape index (κ1) is 18.7. The van der Waals surface area contributed by atoms with Crippen LogP contribution in [0.4, 0.5) is 5.69 Å². The molecule has 4 heteroatoms. The standard InChI is InChI=1S/C22H30N2O2/c1-2-12-23-13-15-24(16-14-23)21-8-10-22(11-9-21)26-18-17-25-19-20-6-4-3-5-7-20/h3-11H,2,12-19H2,1H3. The average molecular weight is 354 g/mol. The first-order chi connectivity index (χ1) is 12.8. The summed E-state index contributed by atoms with van der Waals surface area (Å²) in [5.41, 5.74) is 2.48. The fraction of sp³-hybridized carbons (Fsp3) is 0.455. The van der Waals surface area contributed by atoms with E-state index in [9.17, 15) is 0 Å². The zero-order chi connectivity index (χ0) is 18.0. The minimum absolute atomic E-state index is 0.571. The van der Waals surface area contributed by atoms with Gasteiger partial charge in [-0.25, -0.2) is 0 Å². The lowest BCUT2D eigenvalue weighted by Crippen LogP contribution is -2.46. The number of piperazine rings is 1. The molecule has 0 radical (unpaired) electrons. The topological polar surface area (TPSA) is 24.9 Å². The van der Waals surface area contributed by atoms with E-state index in [1.54, 1.807) is 0 Å². The van der Waals surface area contributed by atoms with Crippen LogP contribution in [0.25, 0.3) is 0 Å². The average Bonchev–Trinajstić information content (AvgIpc) is 2.70. The van der Waals surface area contributed by atoms with Crippen LogP contribution in [0.2, 0.25) is 0 Å². The maximum absolute atomic E-state index is 5.78. The summed E-state index contributed by atoms with van der Waals surface area (Å²) in [5.74, 6) is 0.904. The Hall–Kier alpha value is -2.04. The van der Waals surface area contributed by atoms with E-state index in [-0.39, 0.29) is 0 Å². The van der Waals surface area contributed by atoms with Crippen LogP contribution in [0, 0.1) is 0 Å². The van der Waals surface area contributed by atoms with Gasteiger partial charge in [-0.2, -0.15) is 0 Å². The molecule has 1 aliphatic heterocycles. The zero-order valence-electron chi connectivity index (χ0n) is 15.8. The molecule has 4 nitrogen and oxygen atoms in total. The van der Waals surface area contributed by atoms with E-state index in [0.29, 0.717) is 19.8 Å². The van der Waals surface area contributed by atoms with E-state index in [1.807, 2.05) is 18.2 Å². The molecule has 2 aromatic rings. The van der Waals surface area contributed by atoms with E-state index in [4.69, 9.17) is 9.47 Å². The van der Waals surface area contributed by atoms with Crippen LogP contribution in [-0.4, -0.2) is 50.8 Å². The predicted octanol–water partition coefficient (Wildman–Crippen LogP) is 3.81. The van der Waals surface area contributed by atoms with Crippen LogP contribution in [0.1, 0.15) is 18.9 Å². The second kappa shape index (κ2) is 10.2. The SMILES string of the molecule is CCCN1CCN(c2ccc(OCCOCc3ccccc3)cc2)CC1. The number of hydrogen-bond acceptors (Lipinski definition) is 4. The highest BCUT2D eigenvalue weighted by molar-refractivity contribution is 5.49. The van der Waals surface area contributed by atoms with Crippen molar-refractivity contribution < 1.29 is 9.47 Å². The molecule has 0 saturated carbocycles. The molecule has 2 aromatic carbocycles. The third-order valence-corrected chi connectivity index (χ3v) is 4.72. The molecule has 0 amide bonds. The van der Waals surface area contributed by atoms with Gasteiger partial charge in [0.25, 0.3) is 0 Å². The molecule has 0 N–H and O–H groups in total. The summed E-state index contributed by atoms with van der Waals surface area (Å²) in [6.07, 6.45) is 1.24. The highest BCUT2D eigenvalue weighted by Crippen LogP contribution is 2.20. The van der Waals surface area contributed by atoms with E-state index >= 15 is 0 Å². The molecule has 140 valence electrons. The lowest BCUT2D eigenvalue weighted by Gasteiger charge is -2.36. The van der Waals surface area contributed by atoms with Crippen molar-refractivity contribution in [3.05, 3.63) is 60.2 Å². The molecular weight excluding hydrogens is 324 g/mol. The molecular formula is C22H30N2O2. The zero-order valence-corrected chi connectivity index (χ0v) is 15.8. The van der Waals surface area contributed by atoms with Crippen LogP contribution < -0.4 is 9.64 Å². The highest BCUT2D eigenvalue weighted by Gasteiger charge is 2.16. The van der Waals surface area contributed by atoms with Gasteiger partial charge in [0.15, 0.2) is 0 Å². The van der Waals surface area contributed by atoms with Gasteiger partial charge >= 0.3 is 0 Å². The summed E-state index contributed by atoms with van der Waals surface area (Å²) in [4.78, 5) is 5.00. The van der Waals surface area contributed by atoms with Crippen molar-refractivity contribution in [1.29, 1.82) is 0 Å². The third-order valence-electron chi connectivity index (χ3n) is 4.72. The lowest BCUT2D eigenvalue weighted by atomic mass is 10.2. The molecule has 0 aliphatic carbocycles. The Morgan fingerprint density at radius 2 is 1.58 bits per heavy atom. The van der Waals surface area contributed by atoms with Crippen LogP contribution in [0.15, 0.2) is 54.6 Å². The van der Waals surface area contributed by atoms with Gasteiger partial charge < -0.3 is 14.4 Å². The monoisotopic (exact) mass is 354 g/mol. The maximum atomic E-state index is 5.78. The summed E-state index contributed by atoms with van der Waals surface area (Å²) in [7, 11) is 0. The Kier molecular flexibility index (Phi) is 7.35. The van der Waals surface area contributed by atoms with Crippen LogP contribution in [-0.2, 0) is 11.3 Å². The fourth-order valence-corrected chi connectivity index (χ4v) is 3.28. The molecule has 0 bridgehead atoms. The second-order valence-corrected chi connectivity index (χ2v) is 6.71. The van der Waals surface area contributed by atoms with Crippen molar-refractivity contribution >= 4 is 5.69 Å². The second-order valence-electron chi connectivity index (χ2n) is 6.71. The number of benzene rings is 2. The van der Waals surface area contributed by atoms with Crippen molar-refractivity contribution in [2.45, 2.75) is 20.0 Å². The van der Waals surface area contributed by atoms with Crippen molar-refractivity contribution in [1.82, 2.24) is 4.90 Å². The number of anilines is 1. The van der Waals surface area contributed by atoms with Gasteiger partial charge in [-0.3, -0.25) is 4.90 Å². The van der Waals surface area contributed by atoms with E-state index in [0.717, 1.165) is 31.9 Å². The van der Waals surface area contributed by atoms with E-state index in [2.05, 4.69) is 53.1 Å². The summed E-state index contributed by atoms with van der Waals surface area (Å²) in [6, 6.07) is 18.7. The maximum Gasteiger partial charge on any atom is 0.119 e. The summed E-state index contributed by atoms with van der Waals surface area (Å²) >= 11 is 0. The molecule has 1 aliphatic rings. The van der Waals surface area contributed by atoms with Crippen molar-refractivity contribution in [3.8, 4) is 5.75 Å². The Balaban J connectivity index is 1.35. The summed E-state index contributed by atoms with van der Waals surface area (Å²) in [5, 5.41) is 0. The minimum Gasteiger partial charge on any atom is -0.491 e. The van der Waals surface area contributed by atoms with E-state index < -0.39 is 0 Å². The molecule has 26 heavy (non-hydrogen) atoms. The van der Waals surface area contributed by atoms with Crippen LogP contribution in [0.3, 0.4) is 0 Å². The summed E-state index contributed by atoms with van der Waals surface area (Å²) in [6.45, 7) is 9.78. The summed E-state index contributed by atoms with van der Waals surface area (Å²) < 4.78 is 11.4. The Labute approximate surface area is 157 Å². The molecule has 0 atom stereocenters. The fourth-order valence-electron chi connectivity index (χ4n) is 3.28. The highest BCUT2D eigenvalue weighted by atomic mass is 16.5. The van der Waals surface area contributed by atoms with Crippen molar-refractivity contribution in [2.75, 3.05) is 50.8 Å². The smallest absolute Gasteiger partial charge is 0.119 e. The van der Waals surface area contributed by atoms with E-state index in [1.165, 1.54) is 24.2 Å². The number of ether oxygens (including phenoxy) is 2. The third kappa shape index (κ3) is 5.75. The Bertz CT molecular complexity index is 622. The largest absolute Gasteiger partial charge is 0.491 e. The molecule has 0 spiro atoms. The van der Waals surface area contributed by atoms with Gasteiger partial charge in [-0.15, -0.1) is 0 Å². The van der Waals surface area contributed by atoms with Gasteiger partial charge in [0.1, 0.15) is 12.4 Å². The molecule has 1 saturated heterocycles. The van der Waals surface area contributed by atoms with Crippen LogP contribution >= 0.6 is 0 Å². The quantitative estimate of drug-likeness (QED) is 0.639. The van der Waals surface area contributed by atoms with Crippen LogP contribution in [0.5, 0.6) is 5.75 Å². The molecule has 0 unspecified atom stereocenters. The van der Waals surface area contributed by atoms with Gasteiger partial charge in [0, 0.05) is 31.9 Å². The van der Waals surface area contributed by atoms with Gasteiger partial charge in [0.2, 0.25) is 0 Å². The number of rotatable bonds is 9. The Morgan fingerprint density at radius 1 is 0.846 bits per heavy atom. The Morgan fingerprint density at radius 3 is 2.27 bits per heavy atom. The molecule has 3 rings (SSSR count). The van der Waals surface area contributed by atoms with Gasteiger partial charge in [0.05, 0.1) is 13.2 Å². The first-order valence-corrected chi connectivity index (χ1v) is 9.67. The lowest BCUT2D eigenvalue weighted by molar-refractivity contribution is 0.0889. The minimum atomic E-state index is 0.571.